The Bertz CT molecular complexity index is 640. The number of esters is 1. The number of hydrogen-bond donors (Lipinski definition) is 0. The third-order valence-electron chi connectivity index (χ3n) is 3.82. The number of anilines is 1. The van der Waals surface area contributed by atoms with Crippen LogP contribution in [-0.2, 0) is 19.4 Å². The van der Waals surface area contributed by atoms with Crippen molar-refractivity contribution in [3.63, 3.8) is 0 Å². The number of nitrogens with zero attached hydrogens (tertiary/aromatic N) is 3. The van der Waals surface area contributed by atoms with Crippen molar-refractivity contribution in [3.05, 3.63) is 16.9 Å². The number of piperidine rings is 1. The molecule has 9 heteroatoms. The fourth-order valence-corrected chi connectivity index (χ4v) is 4.02. The molecule has 22 heavy (non-hydrogen) atoms. The van der Waals surface area contributed by atoms with Crippen LogP contribution < -0.4 is 4.90 Å². The molecule has 1 aromatic heterocycles. The van der Waals surface area contributed by atoms with E-state index < -0.39 is 20.6 Å². The van der Waals surface area contributed by atoms with Crippen molar-refractivity contribution in [1.82, 2.24) is 9.97 Å². The Hall–Kier alpha value is -1.22. The lowest BCUT2D eigenvalue weighted by molar-refractivity contribution is -0.146. The second kappa shape index (κ2) is 6.49. The molecule has 0 atom stereocenters. The Kier molecular flexibility index (Phi) is 5.06. The zero-order valence-corrected chi connectivity index (χ0v) is 14.9. The average molecular weight is 392 g/mol. The predicted octanol–water partition coefficient (Wildman–Crippen LogP) is 1.19. The van der Waals surface area contributed by atoms with E-state index >= 15 is 0 Å². The van der Waals surface area contributed by atoms with Crippen LogP contribution in [-0.4, -0.2) is 55.1 Å². The van der Waals surface area contributed by atoms with Crippen molar-refractivity contribution in [2.75, 3.05) is 30.9 Å². The molecule has 0 bridgehead atoms. The van der Waals surface area contributed by atoms with E-state index in [0.717, 1.165) is 10.7 Å². The molecule has 0 aliphatic carbocycles. The molecule has 1 fully saturated rings. The summed E-state index contributed by atoms with van der Waals surface area (Å²) in [5.74, 6) is -0.136. The van der Waals surface area contributed by atoms with Gasteiger partial charge in [0.25, 0.3) is 0 Å². The average Bonchev–Trinajstić information content (AvgIpc) is 2.47. The maximum absolute atomic E-state index is 12.2. The van der Waals surface area contributed by atoms with Crippen molar-refractivity contribution in [3.8, 4) is 0 Å². The van der Waals surface area contributed by atoms with Crippen LogP contribution in [0.25, 0.3) is 0 Å². The Morgan fingerprint density at radius 3 is 2.36 bits per heavy atom. The number of aromatic nitrogens is 2. The number of hydrogen-bond acceptors (Lipinski definition) is 7. The maximum Gasteiger partial charge on any atom is 0.327 e. The van der Waals surface area contributed by atoms with Gasteiger partial charge in [-0.1, -0.05) is 0 Å². The van der Waals surface area contributed by atoms with E-state index in [1.807, 2.05) is 4.90 Å². The second-order valence-electron chi connectivity index (χ2n) is 5.18. The SMILES string of the molecule is CCOC(=O)C1(S(C)(=O)=O)CCN(c2ncc(Br)cn2)CC1. The molecule has 1 aliphatic rings. The van der Waals surface area contributed by atoms with Gasteiger partial charge in [0.15, 0.2) is 14.6 Å². The van der Waals surface area contributed by atoms with E-state index in [2.05, 4.69) is 25.9 Å². The zero-order chi connectivity index (χ0) is 16.4. The third kappa shape index (κ3) is 3.24. The molecule has 0 unspecified atom stereocenters. The summed E-state index contributed by atoms with van der Waals surface area (Å²) in [4.78, 5) is 22.5. The van der Waals surface area contributed by atoms with Gasteiger partial charge in [-0.05, 0) is 35.7 Å². The van der Waals surface area contributed by atoms with Crippen molar-refractivity contribution < 1.29 is 17.9 Å². The highest BCUT2D eigenvalue weighted by Crippen LogP contribution is 2.33. The second-order valence-corrected chi connectivity index (χ2v) is 8.42. The smallest absolute Gasteiger partial charge is 0.327 e. The standard InChI is InChI=1S/C13H18BrN3O4S/c1-3-21-11(18)13(22(2,19)20)4-6-17(7-5-13)12-15-8-10(14)9-16-12/h8-9H,3-7H2,1-2H3. The van der Waals surface area contributed by atoms with Gasteiger partial charge in [0.1, 0.15) is 0 Å². The van der Waals surface area contributed by atoms with Gasteiger partial charge in [-0.15, -0.1) is 0 Å². The third-order valence-corrected chi connectivity index (χ3v) is 6.22. The quantitative estimate of drug-likeness (QED) is 0.711. The number of carbonyl (C=O) groups excluding carboxylic acids is 1. The summed E-state index contributed by atoms with van der Waals surface area (Å²) in [5.41, 5.74) is 0. The number of ether oxygens (including phenoxy) is 1. The highest BCUT2D eigenvalue weighted by Gasteiger charge is 2.51. The number of carbonyl (C=O) groups is 1. The molecular weight excluding hydrogens is 374 g/mol. The lowest BCUT2D eigenvalue weighted by atomic mass is 9.96. The highest BCUT2D eigenvalue weighted by atomic mass is 79.9. The van der Waals surface area contributed by atoms with Crippen LogP contribution in [0.2, 0.25) is 0 Å². The summed E-state index contributed by atoms with van der Waals surface area (Å²) < 4.78 is 28.6. The van der Waals surface area contributed by atoms with Gasteiger partial charge in [-0.2, -0.15) is 0 Å². The van der Waals surface area contributed by atoms with Crippen molar-refractivity contribution in [2.45, 2.75) is 24.5 Å². The van der Waals surface area contributed by atoms with E-state index in [0.29, 0.717) is 19.0 Å². The van der Waals surface area contributed by atoms with Crippen molar-refractivity contribution >= 4 is 37.7 Å². The topological polar surface area (TPSA) is 89.5 Å². The summed E-state index contributed by atoms with van der Waals surface area (Å²) in [6, 6.07) is 0. The van der Waals surface area contributed by atoms with Crippen LogP contribution in [0.4, 0.5) is 5.95 Å². The van der Waals surface area contributed by atoms with Crippen LogP contribution in [0.15, 0.2) is 16.9 Å². The van der Waals surface area contributed by atoms with Crippen molar-refractivity contribution in [1.29, 1.82) is 0 Å². The molecule has 1 saturated heterocycles. The molecular formula is C13H18BrN3O4S. The molecule has 0 saturated carbocycles. The minimum absolute atomic E-state index is 0.162. The minimum atomic E-state index is -3.57. The maximum atomic E-state index is 12.2. The molecule has 7 nitrogen and oxygen atoms in total. The fraction of sp³-hybridized carbons (Fsp3) is 0.615. The Labute approximate surface area is 138 Å². The van der Waals surface area contributed by atoms with Crippen LogP contribution in [0.3, 0.4) is 0 Å². The van der Waals surface area contributed by atoms with E-state index in [9.17, 15) is 13.2 Å². The van der Waals surface area contributed by atoms with E-state index in [1.54, 1.807) is 19.3 Å². The summed E-state index contributed by atoms with van der Waals surface area (Å²) in [6.07, 6.45) is 4.70. The van der Waals surface area contributed by atoms with Crippen molar-refractivity contribution in [2.24, 2.45) is 0 Å². The summed E-state index contributed by atoms with van der Waals surface area (Å²) in [6.45, 7) is 2.59. The summed E-state index contributed by atoms with van der Waals surface area (Å²) in [5, 5.41) is 0. The first-order valence-electron chi connectivity index (χ1n) is 6.89. The van der Waals surface area contributed by atoms with Gasteiger partial charge in [0.2, 0.25) is 5.95 Å². The van der Waals surface area contributed by atoms with Gasteiger partial charge < -0.3 is 9.64 Å². The van der Waals surface area contributed by atoms with Gasteiger partial charge in [0.05, 0.1) is 11.1 Å². The molecule has 0 aromatic carbocycles. The Balaban J connectivity index is 2.19. The number of sulfone groups is 1. The van der Waals surface area contributed by atoms with Gasteiger partial charge in [0, 0.05) is 31.7 Å². The van der Waals surface area contributed by atoms with Crippen LogP contribution in [0.1, 0.15) is 19.8 Å². The van der Waals surface area contributed by atoms with E-state index in [4.69, 9.17) is 4.74 Å². The first-order chi connectivity index (χ1) is 10.3. The van der Waals surface area contributed by atoms with Crippen LogP contribution in [0.5, 0.6) is 0 Å². The molecule has 0 radical (unpaired) electrons. The van der Waals surface area contributed by atoms with E-state index in [1.165, 1.54) is 0 Å². The molecule has 1 aromatic rings. The summed E-state index contributed by atoms with van der Waals surface area (Å²) >= 11 is 3.27. The van der Waals surface area contributed by atoms with Gasteiger partial charge in [-0.25, -0.2) is 18.4 Å². The highest BCUT2D eigenvalue weighted by molar-refractivity contribution is 9.10. The zero-order valence-electron chi connectivity index (χ0n) is 12.5. The Morgan fingerprint density at radius 2 is 1.91 bits per heavy atom. The lowest BCUT2D eigenvalue weighted by Crippen LogP contribution is -2.55. The number of rotatable bonds is 4. The molecule has 0 amide bonds. The predicted molar refractivity (Wildman–Crippen MR) is 85.4 cm³/mol. The molecule has 1 aliphatic heterocycles. The molecule has 122 valence electrons. The normalized spacial score (nSPS) is 18.0. The van der Waals surface area contributed by atoms with Gasteiger partial charge >= 0.3 is 5.97 Å². The minimum Gasteiger partial charge on any atom is -0.465 e. The fourth-order valence-electron chi connectivity index (χ4n) is 2.53. The molecule has 0 spiro atoms. The largest absolute Gasteiger partial charge is 0.465 e. The van der Waals surface area contributed by atoms with E-state index in [-0.39, 0.29) is 19.4 Å². The number of halogens is 1. The lowest BCUT2D eigenvalue weighted by Gasteiger charge is -2.38. The molecule has 0 N–H and O–H groups in total. The Morgan fingerprint density at radius 1 is 1.36 bits per heavy atom. The summed E-state index contributed by atoms with van der Waals surface area (Å²) in [7, 11) is -3.57. The van der Waals surface area contributed by atoms with Crippen LogP contribution >= 0.6 is 15.9 Å². The monoisotopic (exact) mass is 391 g/mol. The first-order valence-corrected chi connectivity index (χ1v) is 9.58. The van der Waals surface area contributed by atoms with Crippen LogP contribution in [0, 0.1) is 0 Å². The molecule has 2 heterocycles. The van der Waals surface area contributed by atoms with Gasteiger partial charge in [-0.3, -0.25) is 4.79 Å². The first kappa shape index (κ1) is 17.1. The molecule has 2 rings (SSSR count).